The van der Waals surface area contributed by atoms with Gasteiger partial charge in [-0.05, 0) is 26.0 Å². The highest BCUT2D eigenvalue weighted by Gasteiger charge is 2.34. The number of carbonyl (C=O) groups excluding carboxylic acids is 1. The van der Waals surface area contributed by atoms with Crippen LogP contribution in [0.2, 0.25) is 0 Å². The maximum Gasteiger partial charge on any atom is 0.226 e. The Kier molecular flexibility index (Phi) is 6.50. The van der Waals surface area contributed by atoms with Gasteiger partial charge in [0.15, 0.2) is 0 Å². The Hall–Kier alpha value is -0.220. The van der Waals surface area contributed by atoms with Gasteiger partial charge in [0.25, 0.3) is 0 Å². The number of amides is 1. The minimum atomic E-state index is -0.205. The van der Waals surface area contributed by atoms with Crippen molar-refractivity contribution in [3.05, 3.63) is 0 Å². The highest BCUT2D eigenvalue weighted by atomic mass is 32.2. The molecule has 0 heterocycles. The van der Waals surface area contributed by atoms with Crippen LogP contribution >= 0.6 is 11.8 Å². The number of aliphatic hydroxyl groups excluding tert-OH is 1. The fourth-order valence-electron chi connectivity index (χ4n) is 2.65. The first-order valence-electron chi connectivity index (χ1n) is 6.98. The molecule has 18 heavy (non-hydrogen) atoms. The fourth-order valence-corrected chi connectivity index (χ4v) is 3.27. The summed E-state index contributed by atoms with van der Waals surface area (Å²) in [7, 11) is 0. The van der Waals surface area contributed by atoms with E-state index in [0.29, 0.717) is 0 Å². The molecule has 1 aliphatic carbocycles. The quantitative estimate of drug-likeness (QED) is 0.757. The Morgan fingerprint density at radius 1 is 1.33 bits per heavy atom. The third kappa shape index (κ3) is 4.16. The SMILES string of the molecule is CSC(CO)C(C)NC(=O)C1(C)CCCCCC1. The lowest BCUT2D eigenvalue weighted by Crippen LogP contribution is -2.47. The van der Waals surface area contributed by atoms with E-state index in [1.807, 2.05) is 13.2 Å². The molecule has 0 radical (unpaired) electrons. The molecule has 1 aliphatic rings. The Morgan fingerprint density at radius 3 is 2.33 bits per heavy atom. The van der Waals surface area contributed by atoms with Gasteiger partial charge in [0.2, 0.25) is 5.91 Å². The van der Waals surface area contributed by atoms with E-state index in [1.54, 1.807) is 11.8 Å². The Morgan fingerprint density at radius 2 is 1.89 bits per heavy atom. The van der Waals surface area contributed by atoms with E-state index < -0.39 is 0 Å². The molecule has 1 saturated carbocycles. The molecule has 0 aromatic carbocycles. The molecule has 0 aliphatic heterocycles. The molecule has 2 unspecified atom stereocenters. The monoisotopic (exact) mass is 273 g/mol. The molecule has 2 N–H and O–H groups in total. The van der Waals surface area contributed by atoms with Gasteiger partial charge in [-0.2, -0.15) is 11.8 Å². The second-order valence-electron chi connectivity index (χ2n) is 5.69. The van der Waals surface area contributed by atoms with Crippen molar-refractivity contribution in [2.24, 2.45) is 5.41 Å². The van der Waals surface area contributed by atoms with Crippen LogP contribution in [0.4, 0.5) is 0 Å². The lowest BCUT2D eigenvalue weighted by atomic mass is 9.81. The summed E-state index contributed by atoms with van der Waals surface area (Å²) in [6.45, 7) is 4.18. The van der Waals surface area contributed by atoms with Crippen LogP contribution in [0.25, 0.3) is 0 Å². The van der Waals surface area contributed by atoms with Crippen molar-refractivity contribution < 1.29 is 9.90 Å². The number of carbonyl (C=O) groups is 1. The van der Waals surface area contributed by atoms with Crippen molar-refractivity contribution in [3.63, 3.8) is 0 Å². The van der Waals surface area contributed by atoms with Crippen molar-refractivity contribution in [1.82, 2.24) is 5.32 Å². The van der Waals surface area contributed by atoms with Gasteiger partial charge in [-0.15, -0.1) is 0 Å². The van der Waals surface area contributed by atoms with Gasteiger partial charge >= 0.3 is 0 Å². The molecule has 0 saturated heterocycles. The zero-order valence-electron chi connectivity index (χ0n) is 11.9. The first-order valence-corrected chi connectivity index (χ1v) is 8.27. The van der Waals surface area contributed by atoms with Gasteiger partial charge < -0.3 is 10.4 Å². The minimum absolute atomic E-state index is 0.0255. The summed E-state index contributed by atoms with van der Waals surface area (Å²) in [5.41, 5.74) is -0.205. The molecule has 0 spiro atoms. The first-order chi connectivity index (χ1) is 8.53. The summed E-state index contributed by atoms with van der Waals surface area (Å²) in [6, 6.07) is 0.0255. The summed E-state index contributed by atoms with van der Waals surface area (Å²) < 4.78 is 0. The van der Waals surface area contributed by atoms with Gasteiger partial charge in [0, 0.05) is 16.7 Å². The number of hydrogen-bond donors (Lipinski definition) is 2. The second-order valence-corrected chi connectivity index (χ2v) is 6.77. The predicted molar refractivity (Wildman–Crippen MR) is 77.8 cm³/mol. The Bertz CT molecular complexity index is 259. The number of rotatable bonds is 5. The lowest BCUT2D eigenvalue weighted by molar-refractivity contribution is -0.131. The number of hydrogen-bond acceptors (Lipinski definition) is 3. The molecular formula is C14H27NO2S. The largest absolute Gasteiger partial charge is 0.395 e. The van der Waals surface area contributed by atoms with Crippen LogP contribution in [0, 0.1) is 5.41 Å². The summed E-state index contributed by atoms with van der Waals surface area (Å²) >= 11 is 1.60. The smallest absolute Gasteiger partial charge is 0.226 e. The molecular weight excluding hydrogens is 246 g/mol. The van der Waals surface area contributed by atoms with Gasteiger partial charge in [-0.1, -0.05) is 32.6 Å². The standard InChI is InChI=1S/C14H27NO2S/c1-11(12(10-16)18-3)15-13(17)14(2)8-6-4-5-7-9-14/h11-12,16H,4-10H2,1-3H3,(H,15,17). The molecule has 1 amide bonds. The normalized spacial score (nSPS) is 22.9. The van der Waals surface area contributed by atoms with E-state index in [-0.39, 0.29) is 29.2 Å². The molecule has 3 nitrogen and oxygen atoms in total. The fraction of sp³-hybridized carbons (Fsp3) is 0.929. The van der Waals surface area contributed by atoms with E-state index in [4.69, 9.17) is 0 Å². The number of nitrogens with one attached hydrogen (secondary N) is 1. The van der Waals surface area contributed by atoms with Crippen LogP contribution in [0.3, 0.4) is 0 Å². The molecule has 4 heteroatoms. The van der Waals surface area contributed by atoms with Crippen molar-refractivity contribution in [2.45, 2.75) is 63.7 Å². The van der Waals surface area contributed by atoms with Crippen molar-refractivity contribution in [1.29, 1.82) is 0 Å². The Balaban J connectivity index is 2.57. The van der Waals surface area contributed by atoms with Crippen LogP contribution in [-0.4, -0.2) is 35.2 Å². The summed E-state index contributed by atoms with van der Waals surface area (Å²) in [5.74, 6) is 0.171. The van der Waals surface area contributed by atoms with Crippen LogP contribution in [0.5, 0.6) is 0 Å². The average Bonchev–Trinajstić information content (AvgIpc) is 2.56. The highest BCUT2D eigenvalue weighted by Crippen LogP contribution is 2.34. The zero-order valence-corrected chi connectivity index (χ0v) is 12.7. The molecule has 2 atom stereocenters. The Labute approximate surface area is 115 Å². The third-order valence-corrected chi connectivity index (χ3v) is 5.32. The molecule has 0 aromatic heterocycles. The molecule has 0 aromatic rings. The number of aliphatic hydroxyl groups is 1. The summed E-state index contributed by atoms with van der Waals surface area (Å²) in [5, 5.41) is 12.4. The molecule has 1 rings (SSSR count). The van der Waals surface area contributed by atoms with Gasteiger partial charge in [-0.25, -0.2) is 0 Å². The van der Waals surface area contributed by atoms with Crippen molar-refractivity contribution >= 4 is 17.7 Å². The van der Waals surface area contributed by atoms with Crippen molar-refractivity contribution in [3.8, 4) is 0 Å². The first kappa shape index (κ1) is 15.8. The minimum Gasteiger partial charge on any atom is -0.395 e. The maximum atomic E-state index is 12.4. The predicted octanol–water partition coefficient (Wildman–Crippen LogP) is 2.58. The molecule has 0 bridgehead atoms. The summed E-state index contributed by atoms with van der Waals surface area (Å²) in [6.07, 6.45) is 8.78. The molecule has 106 valence electrons. The van der Waals surface area contributed by atoms with Crippen LogP contribution in [0.15, 0.2) is 0 Å². The summed E-state index contributed by atoms with van der Waals surface area (Å²) in [4.78, 5) is 12.4. The van der Waals surface area contributed by atoms with E-state index in [2.05, 4.69) is 12.2 Å². The van der Waals surface area contributed by atoms with Crippen LogP contribution in [-0.2, 0) is 4.79 Å². The van der Waals surface area contributed by atoms with E-state index >= 15 is 0 Å². The maximum absolute atomic E-state index is 12.4. The van der Waals surface area contributed by atoms with Gasteiger partial charge in [0.1, 0.15) is 0 Å². The van der Waals surface area contributed by atoms with E-state index in [9.17, 15) is 9.90 Å². The van der Waals surface area contributed by atoms with Gasteiger partial charge in [0.05, 0.1) is 6.61 Å². The zero-order chi connectivity index (χ0) is 13.6. The van der Waals surface area contributed by atoms with Crippen molar-refractivity contribution in [2.75, 3.05) is 12.9 Å². The van der Waals surface area contributed by atoms with Gasteiger partial charge in [-0.3, -0.25) is 4.79 Å². The molecule has 1 fully saturated rings. The van der Waals surface area contributed by atoms with Crippen LogP contribution < -0.4 is 5.32 Å². The average molecular weight is 273 g/mol. The second kappa shape index (κ2) is 7.39. The topological polar surface area (TPSA) is 49.3 Å². The van der Waals surface area contributed by atoms with E-state index in [0.717, 1.165) is 25.7 Å². The third-order valence-electron chi connectivity index (χ3n) is 4.15. The lowest BCUT2D eigenvalue weighted by Gasteiger charge is -2.30. The highest BCUT2D eigenvalue weighted by molar-refractivity contribution is 7.99. The van der Waals surface area contributed by atoms with Crippen LogP contribution in [0.1, 0.15) is 52.4 Å². The van der Waals surface area contributed by atoms with E-state index in [1.165, 1.54) is 12.8 Å². The number of thioether (sulfide) groups is 1.